The molecule has 1 aromatic heterocycles. The number of rotatable bonds is 7. The summed E-state index contributed by atoms with van der Waals surface area (Å²) in [4.78, 5) is 22.8. The second kappa shape index (κ2) is 13.0. The van der Waals surface area contributed by atoms with Crippen molar-refractivity contribution in [3.8, 4) is 22.8 Å². The van der Waals surface area contributed by atoms with Crippen molar-refractivity contribution in [1.29, 1.82) is 0 Å². The molecule has 1 saturated heterocycles. The monoisotopic (exact) mass is 630 g/mol. The number of para-hydroxylation sites is 1. The number of halogens is 5. The van der Waals surface area contributed by atoms with E-state index in [0.717, 1.165) is 41.1 Å². The zero-order valence-electron chi connectivity index (χ0n) is 23.6. The molecule has 2 amide bonds. The molecule has 0 bridgehead atoms. The van der Waals surface area contributed by atoms with E-state index >= 15 is 4.39 Å². The fourth-order valence-electron chi connectivity index (χ4n) is 4.71. The predicted molar refractivity (Wildman–Crippen MR) is 159 cm³/mol. The molecule has 3 aromatic carbocycles. The van der Waals surface area contributed by atoms with E-state index in [2.05, 4.69) is 19.8 Å². The lowest BCUT2D eigenvalue weighted by Gasteiger charge is -2.32. The van der Waals surface area contributed by atoms with Crippen molar-refractivity contribution in [3.63, 3.8) is 0 Å². The van der Waals surface area contributed by atoms with Crippen molar-refractivity contribution in [2.45, 2.75) is 39.1 Å². The third kappa shape index (κ3) is 7.36. The molecule has 2 atom stereocenters. The van der Waals surface area contributed by atoms with Gasteiger partial charge in [0.25, 0.3) is 0 Å². The zero-order chi connectivity index (χ0) is 31.4. The molecule has 0 saturated carbocycles. The van der Waals surface area contributed by atoms with Crippen molar-refractivity contribution in [3.05, 3.63) is 89.7 Å². The Balaban J connectivity index is 1.22. The van der Waals surface area contributed by atoms with Gasteiger partial charge in [0, 0.05) is 23.5 Å². The summed E-state index contributed by atoms with van der Waals surface area (Å²) in [7, 11) is 0. The summed E-state index contributed by atoms with van der Waals surface area (Å²) < 4.78 is 72.3. The van der Waals surface area contributed by atoms with Gasteiger partial charge in [0.1, 0.15) is 12.1 Å². The molecule has 44 heavy (non-hydrogen) atoms. The van der Waals surface area contributed by atoms with Crippen LogP contribution in [0, 0.1) is 13.8 Å². The molecule has 1 N–H and O–H groups in total. The van der Waals surface area contributed by atoms with Crippen LogP contribution in [0.1, 0.15) is 29.3 Å². The van der Waals surface area contributed by atoms with Crippen LogP contribution in [0.5, 0.6) is 5.75 Å². The number of nitrogens with one attached hydrogen (secondary N) is 1. The molecule has 230 valence electrons. The molecule has 14 heteroatoms. The first-order chi connectivity index (χ1) is 21.0. The molecule has 8 nitrogen and oxygen atoms in total. The number of amidine groups is 1. The lowest BCUT2D eigenvalue weighted by Crippen LogP contribution is -2.38. The first-order valence-electron chi connectivity index (χ1n) is 13.5. The highest BCUT2D eigenvalue weighted by Crippen LogP contribution is 2.31. The molecule has 5 rings (SSSR count). The second-order valence-corrected chi connectivity index (χ2v) is 11.0. The fraction of sp³-hybridized carbons (Fsp3) is 0.267. The van der Waals surface area contributed by atoms with E-state index in [9.17, 15) is 22.4 Å². The molecule has 0 radical (unpaired) electrons. The van der Waals surface area contributed by atoms with Gasteiger partial charge in [-0.3, -0.25) is 0 Å². The molecule has 1 aliphatic rings. The number of alkyl halides is 5. The molecule has 2 heterocycles. The minimum atomic E-state index is -4.80. The summed E-state index contributed by atoms with van der Waals surface area (Å²) in [5.41, 5.74) is 3.89. The summed E-state index contributed by atoms with van der Waals surface area (Å²) in [6.45, 7) is 4.59. The maximum absolute atomic E-state index is 15.0. The summed E-state index contributed by atoms with van der Waals surface area (Å²) in [6.07, 6.45) is -7.06. The number of nitrogens with zero attached hydrogens (tertiary/aromatic N) is 5. The van der Waals surface area contributed by atoms with Crippen molar-refractivity contribution in [2.75, 3.05) is 17.2 Å². The van der Waals surface area contributed by atoms with Gasteiger partial charge in [-0.25, -0.2) is 23.2 Å². The van der Waals surface area contributed by atoms with Gasteiger partial charge in [-0.2, -0.15) is 4.99 Å². The standard InChI is InChI=1S/C30H27F5N6O2S/c1-18-5-3-6-19(2)25(18)40-15-4-16-44-29(40)38-28(42)37-26(32)24(31)20-7-9-21(10-8-20)27-36-17-41(39-27)22-11-13-23(14-12-22)43-30(33,34)35/h3,5-14,17,24,26H,4,15-16H2,1-2H3,(H,37,42)/b38-29-. The quantitative estimate of drug-likeness (QED) is 0.169. The number of ether oxygens (including phenoxy) is 1. The van der Waals surface area contributed by atoms with Crippen molar-refractivity contribution < 1.29 is 31.5 Å². The number of benzene rings is 3. The van der Waals surface area contributed by atoms with Crippen LogP contribution in [0.2, 0.25) is 0 Å². The number of thioether (sulfide) groups is 1. The Hall–Kier alpha value is -4.46. The van der Waals surface area contributed by atoms with Gasteiger partial charge in [-0.15, -0.1) is 18.3 Å². The van der Waals surface area contributed by atoms with Crippen molar-refractivity contribution in [1.82, 2.24) is 20.1 Å². The summed E-state index contributed by atoms with van der Waals surface area (Å²) in [5, 5.41) is 6.73. The van der Waals surface area contributed by atoms with Gasteiger partial charge >= 0.3 is 12.4 Å². The largest absolute Gasteiger partial charge is 0.573 e. The number of carbonyl (C=O) groups excluding carboxylic acids is 1. The summed E-state index contributed by atoms with van der Waals surface area (Å²) in [6, 6.07) is 15.7. The van der Waals surface area contributed by atoms with Crippen LogP contribution in [-0.2, 0) is 0 Å². The van der Waals surface area contributed by atoms with Gasteiger partial charge < -0.3 is 15.0 Å². The Labute approximate surface area is 254 Å². The number of anilines is 1. The number of aromatic nitrogens is 3. The van der Waals surface area contributed by atoms with Gasteiger partial charge in [0.05, 0.1) is 5.69 Å². The van der Waals surface area contributed by atoms with Crippen molar-refractivity contribution >= 4 is 28.6 Å². The Morgan fingerprint density at radius 3 is 2.36 bits per heavy atom. The normalized spacial score (nSPS) is 16.1. The highest BCUT2D eigenvalue weighted by Gasteiger charge is 2.31. The van der Waals surface area contributed by atoms with Crippen LogP contribution in [-0.4, -0.2) is 50.9 Å². The maximum atomic E-state index is 15.0. The van der Waals surface area contributed by atoms with E-state index in [-0.39, 0.29) is 17.1 Å². The van der Waals surface area contributed by atoms with Crippen LogP contribution in [0.15, 0.2) is 78.0 Å². The number of carbonyl (C=O) groups is 1. The Bertz CT molecular complexity index is 1620. The van der Waals surface area contributed by atoms with Gasteiger partial charge in [-0.05, 0) is 61.2 Å². The Morgan fingerprint density at radius 2 is 1.70 bits per heavy atom. The number of amides is 2. The van der Waals surface area contributed by atoms with E-state index in [1.165, 1.54) is 59.2 Å². The highest BCUT2D eigenvalue weighted by atomic mass is 32.2. The third-order valence-corrected chi connectivity index (χ3v) is 7.79. The van der Waals surface area contributed by atoms with Gasteiger partial charge in [0.2, 0.25) is 6.30 Å². The smallest absolute Gasteiger partial charge is 0.406 e. The van der Waals surface area contributed by atoms with Crippen LogP contribution in [0.4, 0.5) is 32.4 Å². The number of aliphatic imine (C=N–C) groups is 1. The minimum absolute atomic E-state index is 0.0157. The maximum Gasteiger partial charge on any atom is 0.573 e. The third-order valence-electron chi connectivity index (χ3n) is 6.73. The lowest BCUT2D eigenvalue weighted by molar-refractivity contribution is -0.274. The molecule has 1 fully saturated rings. The minimum Gasteiger partial charge on any atom is -0.406 e. The molecular formula is C30H27F5N6O2S. The Morgan fingerprint density at radius 1 is 1.02 bits per heavy atom. The van der Waals surface area contributed by atoms with E-state index in [0.29, 0.717) is 23.0 Å². The number of hydrogen-bond donors (Lipinski definition) is 1. The summed E-state index contributed by atoms with van der Waals surface area (Å²) >= 11 is 1.38. The van der Waals surface area contributed by atoms with E-state index in [1.807, 2.05) is 42.3 Å². The SMILES string of the molecule is Cc1cccc(C)c1N1CCCS/C1=N\C(=O)NC(F)C(F)c1ccc(-c2ncn(-c3ccc(OC(F)(F)F)cc3)n2)cc1. The number of urea groups is 1. The predicted octanol–water partition coefficient (Wildman–Crippen LogP) is 7.47. The van der Waals surface area contributed by atoms with Crippen LogP contribution in [0.3, 0.4) is 0 Å². The molecule has 1 aliphatic heterocycles. The first kappa shape index (κ1) is 31.0. The van der Waals surface area contributed by atoms with E-state index < -0.39 is 24.9 Å². The zero-order valence-corrected chi connectivity index (χ0v) is 24.4. The lowest BCUT2D eigenvalue weighted by atomic mass is 10.1. The number of aryl methyl sites for hydroxylation is 2. The second-order valence-electron chi connectivity index (χ2n) is 9.92. The van der Waals surface area contributed by atoms with E-state index in [1.54, 1.807) is 0 Å². The molecule has 2 unspecified atom stereocenters. The van der Waals surface area contributed by atoms with E-state index in [4.69, 9.17) is 0 Å². The first-order valence-corrected chi connectivity index (χ1v) is 14.5. The fourth-order valence-corrected chi connectivity index (χ4v) is 5.65. The molecule has 0 aliphatic carbocycles. The topological polar surface area (TPSA) is 84.6 Å². The van der Waals surface area contributed by atoms with Gasteiger partial charge in [0.15, 0.2) is 17.2 Å². The van der Waals surface area contributed by atoms with Crippen molar-refractivity contribution in [2.24, 2.45) is 4.99 Å². The number of hydrogen-bond acceptors (Lipinski definition) is 5. The molecule has 4 aromatic rings. The average Bonchev–Trinajstić information content (AvgIpc) is 3.47. The van der Waals surface area contributed by atoms with Crippen LogP contribution in [0.25, 0.3) is 17.1 Å². The molecule has 0 spiro atoms. The Kier molecular flexibility index (Phi) is 9.18. The average molecular weight is 631 g/mol. The highest BCUT2D eigenvalue weighted by molar-refractivity contribution is 8.14. The van der Waals surface area contributed by atoms with Crippen LogP contribution >= 0.6 is 11.8 Å². The molecular weight excluding hydrogens is 603 g/mol. The summed E-state index contributed by atoms with van der Waals surface area (Å²) in [5.74, 6) is 0.628. The van der Waals surface area contributed by atoms with Gasteiger partial charge in [-0.1, -0.05) is 54.2 Å². The van der Waals surface area contributed by atoms with Crippen LogP contribution < -0.4 is 15.0 Å².